The van der Waals surface area contributed by atoms with E-state index in [1.54, 1.807) is 6.08 Å². The van der Waals surface area contributed by atoms with Gasteiger partial charge >= 0.3 is 0 Å². The molecule has 0 saturated carbocycles. The second-order valence-corrected chi connectivity index (χ2v) is 5.75. The number of carbonyl (C=O) groups is 1. The molecule has 0 aliphatic heterocycles. The van der Waals surface area contributed by atoms with Crippen molar-refractivity contribution in [2.24, 2.45) is 0 Å². The largest absolute Gasteiger partial charge is 0.381 e. The Bertz CT molecular complexity index is 901. The van der Waals surface area contributed by atoms with Crippen LogP contribution in [0.4, 0.5) is 10.2 Å². The number of nitrogens with two attached hydrogens (primary N) is 1. The van der Waals surface area contributed by atoms with Crippen molar-refractivity contribution >= 4 is 28.8 Å². The van der Waals surface area contributed by atoms with E-state index in [-0.39, 0.29) is 23.6 Å². The Labute approximate surface area is 144 Å². The molecule has 0 spiro atoms. The number of rotatable bonds is 5. The first-order valence-corrected chi connectivity index (χ1v) is 7.86. The van der Waals surface area contributed by atoms with E-state index in [9.17, 15) is 9.18 Å². The number of carbonyl (C=O) groups excluding carboxylic acids is 1. The third kappa shape index (κ3) is 4.00. The SMILES string of the molecule is C[C@@H](C/C=C/c1cnc(N)c(F)c1)NC(=O)c1nc2ccccc2[nH]1. The minimum atomic E-state index is -0.548. The Hall–Kier alpha value is -3.22. The maximum Gasteiger partial charge on any atom is 0.287 e. The number of nitrogens with zero attached hydrogens (tertiary/aromatic N) is 2. The lowest BCUT2D eigenvalue weighted by Crippen LogP contribution is -2.32. The lowest BCUT2D eigenvalue weighted by molar-refractivity contribution is 0.0931. The van der Waals surface area contributed by atoms with Gasteiger partial charge in [-0.1, -0.05) is 24.3 Å². The molecule has 6 nitrogen and oxygen atoms in total. The summed E-state index contributed by atoms with van der Waals surface area (Å²) in [4.78, 5) is 23.2. The molecule has 128 valence electrons. The minimum Gasteiger partial charge on any atom is -0.381 e. The molecule has 0 radical (unpaired) electrons. The van der Waals surface area contributed by atoms with Crippen LogP contribution in [0.15, 0.2) is 42.6 Å². The molecule has 7 heteroatoms. The number of nitrogens with one attached hydrogen (secondary N) is 2. The summed E-state index contributed by atoms with van der Waals surface area (Å²) in [7, 11) is 0. The molecule has 2 aromatic heterocycles. The van der Waals surface area contributed by atoms with E-state index >= 15 is 0 Å². The van der Waals surface area contributed by atoms with Crippen LogP contribution in [0.3, 0.4) is 0 Å². The van der Waals surface area contributed by atoms with Gasteiger partial charge in [0.2, 0.25) is 0 Å². The van der Waals surface area contributed by atoms with Gasteiger partial charge in [0.15, 0.2) is 17.5 Å². The average Bonchev–Trinajstić information content (AvgIpc) is 3.02. The minimum absolute atomic E-state index is 0.108. The molecule has 0 aliphatic rings. The third-order valence-corrected chi connectivity index (χ3v) is 3.67. The predicted octanol–water partition coefficient (Wildman–Crippen LogP) is 2.90. The van der Waals surface area contributed by atoms with Crippen LogP contribution in [-0.2, 0) is 0 Å². The smallest absolute Gasteiger partial charge is 0.287 e. The number of imidazole rings is 1. The van der Waals surface area contributed by atoms with Gasteiger partial charge in [-0.15, -0.1) is 0 Å². The zero-order valence-electron chi connectivity index (χ0n) is 13.7. The molecule has 0 fully saturated rings. The number of amides is 1. The van der Waals surface area contributed by atoms with Crippen LogP contribution in [0, 0.1) is 5.82 Å². The van der Waals surface area contributed by atoms with Crippen molar-refractivity contribution in [2.75, 3.05) is 5.73 Å². The zero-order valence-corrected chi connectivity index (χ0v) is 13.7. The lowest BCUT2D eigenvalue weighted by atomic mass is 10.2. The number of aromatic amines is 1. The monoisotopic (exact) mass is 339 g/mol. The molecule has 0 saturated heterocycles. The van der Waals surface area contributed by atoms with Gasteiger partial charge in [0.25, 0.3) is 5.91 Å². The van der Waals surface area contributed by atoms with Gasteiger partial charge in [0.1, 0.15) is 0 Å². The van der Waals surface area contributed by atoms with Gasteiger partial charge < -0.3 is 16.0 Å². The van der Waals surface area contributed by atoms with Crippen molar-refractivity contribution < 1.29 is 9.18 Å². The molecule has 1 aromatic carbocycles. The van der Waals surface area contributed by atoms with Crippen molar-refractivity contribution in [3.63, 3.8) is 0 Å². The fraction of sp³-hybridized carbons (Fsp3) is 0.167. The summed E-state index contributed by atoms with van der Waals surface area (Å²) in [6.07, 6.45) is 5.65. The second-order valence-electron chi connectivity index (χ2n) is 5.75. The fourth-order valence-corrected chi connectivity index (χ4v) is 2.37. The van der Waals surface area contributed by atoms with Crippen LogP contribution >= 0.6 is 0 Å². The molecular formula is C18H18FN5O. The van der Waals surface area contributed by atoms with Gasteiger partial charge in [-0.05, 0) is 37.1 Å². The van der Waals surface area contributed by atoms with Gasteiger partial charge in [-0.2, -0.15) is 0 Å². The summed E-state index contributed by atoms with van der Waals surface area (Å²) in [5, 5.41) is 2.87. The summed E-state index contributed by atoms with van der Waals surface area (Å²) in [6, 6.07) is 8.66. The highest BCUT2D eigenvalue weighted by Crippen LogP contribution is 2.12. The van der Waals surface area contributed by atoms with Gasteiger partial charge in [0, 0.05) is 12.2 Å². The van der Waals surface area contributed by atoms with E-state index < -0.39 is 5.82 Å². The third-order valence-electron chi connectivity index (χ3n) is 3.67. The molecule has 3 aromatic rings. The first kappa shape index (κ1) is 16.6. The topological polar surface area (TPSA) is 96.7 Å². The van der Waals surface area contributed by atoms with Crippen molar-refractivity contribution in [2.45, 2.75) is 19.4 Å². The Kier molecular flexibility index (Phi) is 4.74. The number of benzene rings is 1. The number of nitrogen functional groups attached to an aromatic ring is 1. The molecule has 2 heterocycles. The van der Waals surface area contributed by atoms with Gasteiger partial charge in [0.05, 0.1) is 11.0 Å². The molecule has 0 aliphatic carbocycles. The van der Waals surface area contributed by atoms with Crippen molar-refractivity contribution in [1.29, 1.82) is 0 Å². The number of para-hydroxylation sites is 2. The summed E-state index contributed by atoms with van der Waals surface area (Å²) >= 11 is 0. The summed E-state index contributed by atoms with van der Waals surface area (Å²) in [6.45, 7) is 1.88. The van der Waals surface area contributed by atoms with Crippen LogP contribution in [-0.4, -0.2) is 26.9 Å². The number of H-pyrrole nitrogens is 1. The van der Waals surface area contributed by atoms with E-state index in [0.717, 1.165) is 11.0 Å². The number of aromatic nitrogens is 3. The van der Waals surface area contributed by atoms with Crippen molar-refractivity contribution in [3.8, 4) is 0 Å². The highest BCUT2D eigenvalue weighted by Gasteiger charge is 2.13. The maximum absolute atomic E-state index is 13.3. The summed E-state index contributed by atoms with van der Waals surface area (Å²) in [5.74, 6) is -0.656. The Morgan fingerprint density at radius 1 is 1.44 bits per heavy atom. The normalized spacial score (nSPS) is 12.6. The van der Waals surface area contributed by atoms with Crippen LogP contribution in [0.5, 0.6) is 0 Å². The first-order chi connectivity index (χ1) is 12.0. The number of hydrogen-bond donors (Lipinski definition) is 3. The van der Waals surface area contributed by atoms with Crippen LogP contribution < -0.4 is 11.1 Å². The zero-order chi connectivity index (χ0) is 17.8. The molecule has 0 unspecified atom stereocenters. The predicted molar refractivity (Wildman–Crippen MR) is 95.3 cm³/mol. The van der Waals surface area contributed by atoms with Crippen LogP contribution in [0.25, 0.3) is 17.1 Å². The number of hydrogen-bond acceptors (Lipinski definition) is 4. The fourth-order valence-electron chi connectivity index (χ4n) is 2.37. The van der Waals surface area contributed by atoms with E-state index in [0.29, 0.717) is 12.0 Å². The number of pyridine rings is 1. The lowest BCUT2D eigenvalue weighted by Gasteiger charge is -2.10. The van der Waals surface area contributed by atoms with E-state index in [2.05, 4.69) is 20.3 Å². The van der Waals surface area contributed by atoms with Gasteiger partial charge in [-0.25, -0.2) is 14.4 Å². The maximum atomic E-state index is 13.3. The molecule has 4 N–H and O–H groups in total. The standard InChI is InChI=1S/C18H18FN5O/c1-11(5-4-6-12-9-13(19)16(20)21-10-12)22-18(25)17-23-14-7-2-3-8-15(14)24-17/h2-4,6-11H,5H2,1H3,(H2,20,21)(H,22,25)(H,23,24)/b6-4+/t11-/m0/s1. The van der Waals surface area contributed by atoms with Crippen LogP contribution in [0.2, 0.25) is 0 Å². The Morgan fingerprint density at radius 3 is 3.00 bits per heavy atom. The first-order valence-electron chi connectivity index (χ1n) is 7.86. The van der Waals surface area contributed by atoms with Crippen LogP contribution in [0.1, 0.15) is 29.5 Å². The highest BCUT2D eigenvalue weighted by atomic mass is 19.1. The molecule has 1 atom stereocenters. The summed E-state index contributed by atoms with van der Waals surface area (Å²) in [5.41, 5.74) is 7.52. The highest BCUT2D eigenvalue weighted by molar-refractivity contribution is 5.94. The van der Waals surface area contributed by atoms with Crippen molar-refractivity contribution in [3.05, 3.63) is 59.8 Å². The molecule has 3 rings (SSSR count). The molecule has 1 amide bonds. The van der Waals surface area contributed by atoms with E-state index in [1.165, 1.54) is 12.3 Å². The second kappa shape index (κ2) is 7.12. The molecular weight excluding hydrogens is 321 g/mol. The molecule has 0 bridgehead atoms. The Morgan fingerprint density at radius 2 is 2.24 bits per heavy atom. The Balaban J connectivity index is 1.58. The molecule has 25 heavy (non-hydrogen) atoms. The number of anilines is 1. The van der Waals surface area contributed by atoms with Gasteiger partial charge in [-0.3, -0.25) is 4.79 Å². The number of halogens is 1. The van der Waals surface area contributed by atoms with E-state index in [4.69, 9.17) is 5.73 Å². The quantitative estimate of drug-likeness (QED) is 0.666. The summed E-state index contributed by atoms with van der Waals surface area (Å²) < 4.78 is 13.3. The number of fused-ring (bicyclic) bond motifs is 1. The van der Waals surface area contributed by atoms with Crippen molar-refractivity contribution in [1.82, 2.24) is 20.3 Å². The average molecular weight is 339 g/mol. The van der Waals surface area contributed by atoms with E-state index in [1.807, 2.05) is 37.3 Å².